The highest BCUT2D eigenvalue weighted by Gasteiger charge is 2.22. The van der Waals surface area contributed by atoms with Crippen molar-refractivity contribution >= 4 is 17.6 Å². The molecule has 1 saturated heterocycles. The van der Waals surface area contributed by atoms with E-state index in [-0.39, 0.29) is 12.4 Å². The van der Waals surface area contributed by atoms with E-state index in [4.69, 9.17) is 21.4 Å². The van der Waals surface area contributed by atoms with Crippen LogP contribution < -0.4 is 4.74 Å². The van der Waals surface area contributed by atoms with Gasteiger partial charge in [0.15, 0.2) is 0 Å². The molecule has 2 fully saturated rings. The molecular formula is C38H50ClFN2O3. The van der Waals surface area contributed by atoms with Gasteiger partial charge in [-0.3, -0.25) is 4.90 Å². The maximum absolute atomic E-state index is 13.9. The summed E-state index contributed by atoms with van der Waals surface area (Å²) in [5.74, 6) is 1.83. The second kappa shape index (κ2) is 18.1. The first-order valence-corrected chi connectivity index (χ1v) is 16.6. The average Bonchev–Trinajstić information content (AvgIpc) is 3.43. The molecule has 0 bridgehead atoms. The second-order valence-electron chi connectivity index (χ2n) is 12.6. The fraction of sp³-hybridized carbons (Fsp3) is 0.474. The Balaban J connectivity index is 0.000000237. The summed E-state index contributed by atoms with van der Waals surface area (Å²) in [4.78, 5) is 17.5. The molecular weight excluding hydrogens is 587 g/mol. The molecule has 0 amide bonds. The number of hydrogen-bond acceptors (Lipinski definition) is 4. The molecule has 2 heterocycles. The molecule has 1 N–H and O–H groups in total. The second-order valence-corrected chi connectivity index (χ2v) is 13.0. The first-order chi connectivity index (χ1) is 21.5. The van der Waals surface area contributed by atoms with Gasteiger partial charge in [0.1, 0.15) is 12.4 Å². The summed E-state index contributed by atoms with van der Waals surface area (Å²) in [6, 6.07) is 15.5. The number of carbonyl (C=O) groups is 1. The first-order valence-electron chi connectivity index (χ1n) is 16.2. The fourth-order valence-corrected chi connectivity index (χ4v) is 6.16. The van der Waals surface area contributed by atoms with Crippen molar-refractivity contribution in [3.05, 3.63) is 106 Å². The number of rotatable bonds is 8. The smallest absolute Gasteiger partial charge is 0.335 e. The number of likely N-dealkylation sites (tertiary alicyclic amines) is 1. The highest BCUT2D eigenvalue weighted by molar-refractivity contribution is 6.30. The Kier molecular flexibility index (Phi) is 14.5. The lowest BCUT2D eigenvalue weighted by Gasteiger charge is -2.31. The van der Waals surface area contributed by atoms with Crippen molar-refractivity contribution in [2.45, 2.75) is 85.7 Å². The van der Waals surface area contributed by atoms with Gasteiger partial charge in [0.05, 0.1) is 5.56 Å². The highest BCUT2D eigenvalue weighted by Crippen LogP contribution is 2.33. The van der Waals surface area contributed by atoms with E-state index in [1.54, 1.807) is 24.3 Å². The normalized spacial score (nSPS) is 18.3. The van der Waals surface area contributed by atoms with Gasteiger partial charge in [-0.1, -0.05) is 81.5 Å². The van der Waals surface area contributed by atoms with Crippen LogP contribution in [0.1, 0.15) is 98.0 Å². The van der Waals surface area contributed by atoms with Crippen molar-refractivity contribution in [2.24, 2.45) is 11.8 Å². The zero-order valence-corrected chi connectivity index (χ0v) is 28.4. The van der Waals surface area contributed by atoms with Crippen LogP contribution in [0.4, 0.5) is 4.39 Å². The summed E-state index contributed by atoms with van der Waals surface area (Å²) in [5, 5.41) is 8.98. The molecule has 1 aliphatic heterocycles. The van der Waals surface area contributed by atoms with E-state index >= 15 is 0 Å². The molecule has 7 heteroatoms. The molecule has 2 atom stereocenters. The summed E-state index contributed by atoms with van der Waals surface area (Å²) in [5.41, 5.74) is 5.21. The van der Waals surface area contributed by atoms with Gasteiger partial charge in [-0.05, 0) is 100.0 Å². The lowest BCUT2D eigenvalue weighted by Crippen LogP contribution is -2.34. The third kappa shape index (κ3) is 11.9. The molecule has 0 spiro atoms. The van der Waals surface area contributed by atoms with Crippen LogP contribution in [0.2, 0.25) is 5.02 Å². The highest BCUT2D eigenvalue weighted by atomic mass is 35.5. The van der Waals surface area contributed by atoms with Gasteiger partial charge in [0.2, 0.25) is 5.88 Å². The minimum Gasteiger partial charge on any atom is -0.478 e. The molecule has 2 aliphatic rings. The molecule has 1 saturated carbocycles. The van der Waals surface area contributed by atoms with Gasteiger partial charge in [-0.15, -0.1) is 0 Å². The summed E-state index contributed by atoms with van der Waals surface area (Å²) in [6.07, 6.45) is 8.03. The van der Waals surface area contributed by atoms with Gasteiger partial charge in [0, 0.05) is 34.8 Å². The average molecular weight is 637 g/mol. The Morgan fingerprint density at radius 3 is 2.36 bits per heavy atom. The van der Waals surface area contributed by atoms with Crippen LogP contribution in [0.15, 0.2) is 66.7 Å². The van der Waals surface area contributed by atoms with E-state index in [1.807, 2.05) is 32.0 Å². The van der Waals surface area contributed by atoms with E-state index < -0.39 is 5.97 Å². The van der Waals surface area contributed by atoms with Crippen LogP contribution in [0, 0.1) is 31.5 Å². The quantitative estimate of drug-likeness (QED) is 0.249. The molecule has 1 aliphatic carbocycles. The predicted octanol–water partition coefficient (Wildman–Crippen LogP) is 10.0. The molecule has 2 aromatic carbocycles. The molecule has 0 unspecified atom stereocenters. The van der Waals surface area contributed by atoms with Crippen molar-refractivity contribution in [2.75, 3.05) is 19.6 Å². The number of nitrogens with zero attached hydrogens (tertiary/aromatic N) is 2. The van der Waals surface area contributed by atoms with Crippen LogP contribution in [-0.4, -0.2) is 40.6 Å². The zero-order chi connectivity index (χ0) is 32.9. The van der Waals surface area contributed by atoms with Crippen molar-refractivity contribution in [1.29, 1.82) is 0 Å². The van der Waals surface area contributed by atoms with Gasteiger partial charge in [-0.25, -0.2) is 14.2 Å². The first kappa shape index (κ1) is 36.3. The summed E-state index contributed by atoms with van der Waals surface area (Å²) in [7, 11) is 0. The Labute approximate surface area is 274 Å². The number of carboxylic acids is 1. The van der Waals surface area contributed by atoms with Gasteiger partial charge in [0.25, 0.3) is 0 Å². The number of piperidine rings is 1. The third-order valence-electron chi connectivity index (χ3n) is 8.95. The van der Waals surface area contributed by atoms with Gasteiger partial charge < -0.3 is 9.84 Å². The van der Waals surface area contributed by atoms with Crippen molar-refractivity contribution < 1.29 is 19.0 Å². The summed E-state index contributed by atoms with van der Waals surface area (Å²) >= 11 is 5.78. The zero-order valence-electron chi connectivity index (χ0n) is 27.6. The molecule has 45 heavy (non-hydrogen) atoms. The SMILES string of the molecule is C=C(C)CN1CCC(c2cccc(OCc3ccc(Cl)cc3F)n2)CC1.CC[C@H]1CCC[C@@H]1C.Cc1ccc(C(=O)O)cc1C. The van der Waals surface area contributed by atoms with E-state index in [9.17, 15) is 9.18 Å². The molecule has 3 aromatic rings. The number of benzene rings is 2. The summed E-state index contributed by atoms with van der Waals surface area (Å²) < 4.78 is 19.6. The molecule has 244 valence electrons. The minimum absolute atomic E-state index is 0.135. The van der Waals surface area contributed by atoms with E-state index in [1.165, 1.54) is 37.3 Å². The topological polar surface area (TPSA) is 62.7 Å². The number of hydrogen-bond donors (Lipinski definition) is 1. The van der Waals surface area contributed by atoms with E-state index in [2.05, 4.69) is 43.3 Å². The minimum atomic E-state index is -0.867. The Bertz CT molecular complexity index is 1400. The van der Waals surface area contributed by atoms with Crippen molar-refractivity contribution in [3.8, 4) is 5.88 Å². The molecule has 1 aromatic heterocycles. The van der Waals surface area contributed by atoms with Gasteiger partial charge in [-0.2, -0.15) is 0 Å². The lowest BCUT2D eigenvalue weighted by molar-refractivity contribution is 0.0696. The number of aromatic carboxylic acids is 1. The number of aryl methyl sites for hydroxylation is 2. The standard InChI is InChI=1S/C21H24ClFN2O.C9H10O2.C8H16/c1-15(2)13-25-10-8-16(9-11-25)20-4-3-5-21(24-20)26-14-17-6-7-18(22)12-19(17)23;1-6-3-4-8(9(10)11)5-7(6)2;1-3-8-6-4-5-7(8)2/h3-7,12,16H,1,8-11,13-14H2,2H3;3-5H,1-2H3,(H,10,11);7-8H,3-6H2,1-2H3/t;;7-,8-/m..0/s1. The van der Waals surface area contributed by atoms with Gasteiger partial charge >= 0.3 is 5.97 Å². The van der Waals surface area contributed by atoms with Crippen LogP contribution in [0.5, 0.6) is 5.88 Å². The maximum Gasteiger partial charge on any atom is 0.335 e. The van der Waals surface area contributed by atoms with E-state index in [0.717, 1.165) is 61.1 Å². The van der Waals surface area contributed by atoms with Crippen LogP contribution in [0.25, 0.3) is 0 Å². The van der Waals surface area contributed by atoms with Crippen LogP contribution in [-0.2, 0) is 6.61 Å². The number of ether oxygens (including phenoxy) is 1. The van der Waals surface area contributed by atoms with Crippen LogP contribution in [0.3, 0.4) is 0 Å². The Morgan fingerprint density at radius 1 is 1.07 bits per heavy atom. The number of pyridine rings is 1. The van der Waals surface area contributed by atoms with Crippen LogP contribution >= 0.6 is 11.6 Å². The van der Waals surface area contributed by atoms with E-state index in [0.29, 0.717) is 27.9 Å². The monoisotopic (exact) mass is 636 g/mol. The largest absolute Gasteiger partial charge is 0.478 e. The Morgan fingerprint density at radius 2 is 1.80 bits per heavy atom. The number of aromatic nitrogens is 1. The molecule has 5 rings (SSSR count). The fourth-order valence-electron chi connectivity index (χ4n) is 6.00. The maximum atomic E-state index is 13.9. The number of carboxylic acid groups (broad SMARTS) is 1. The Hall–Kier alpha value is -3.22. The number of halogens is 2. The molecule has 0 radical (unpaired) electrons. The predicted molar refractivity (Wildman–Crippen MR) is 183 cm³/mol. The van der Waals surface area contributed by atoms with Crippen molar-refractivity contribution in [3.63, 3.8) is 0 Å². The molecule has 5 nitrogen and oxygen atoms in total. The third-order valence-corrected chi connectivity index (χ3v) is 9.19. The lowest BCUT2D eigenvalue weighted by atomic mass is 9.93. The summed E-state index contributed by atoms with van der Waals surface area (Å²) in [6.45, 7) is 17.8. The van der Waals surface area contributed by atoms with Crippen molar-refractivity contribution in [1.82, 2.24) is 9.88 Å².